The molecule has 6 heteroatoms. The van der Waals surface area contributed by atoms with Gasteiger partial charge < -0.3 is 15.4 Å². The fourth-order valence-corrected chi connectivity index (χ4v) is 2.43. The Bertz CT molecular complexity index is 671. The van der Waals surface area contributed by atoms with E-state index < -0.39 is 0 Å². The van der Waals surface area contributed by atoms with Crippen LogP contribution in [0.3, 0.4) is 0 Å². The van der Waals surface area contributed by atoms with Gasteiger partial charge in [0.15, 0.2) is 12.4 Å². The van der Waals surface area contributed by atoms with Crippen LogP contribution in [0.5, 0.6) is 0 Å². The largest absolute Gasteiger partial charge is 0.619 e. The Hall–Kier alpha value is -2.65. The van der Waals surface area contributed by atoms with Crippen molar-refractivity contribution < 1.29 is 4.73 Å². The topological polar surface area (TPSA) is 78.9 Å². The van der Waals surface area contributed by atoms with E-state index >= 15 is 0 Å². The van der Waals surface area contributed by atoms with Crippen molar-refractivity contribution in [3.8, 4) is 17.2 Å². The van der Waals surface area contributed by atoms with Gasteiger partial charge >= 0.3 is 0 Å². The van der Waals surface area contributed by atoms with Gasteiger partial charge in [0.2, 0.25) is 0 Å². The lowest BCUT2D eigenvalue weighted by atomic mass is 10.1. The highest BCUT2D eigenvalue weighted by atomic mass is 16.5. The first-order valence-corrected chi connectivity index (χ1v) is 6.83. The second-order valence-electron chi connectivity index (χ2n) is 4.89. The highest BCUT2D eigenvalue weighted by molar-refractivity contribution is 5.67. The fraction of sp³-hybridized carbons (Fsp3) is 0.267. The van der Waals surface area contributed by atoms with Crippen molar-refractivity contribution in [3.05, 3.63) is 47.6 Å². The number of aromatic nitrogens is 2. The average molecular weight is 281 g/mol. The van der Waals surface area contributed by atoms with Gasteiger partial charge in [-0.15, -0.1) is 0 Å². The van der Waals surface area contributed by atoms with Gasteiger partial charge in [0.05, 0.1) is 5.56 Å². The van der Waals surface area contributed by atoms with Crippen molar-refractivity contribution in [1.29, 1.82) is 5.26 Å². The van der Waals surface area contributed by atoms with Crippen molar-refractivity contribution in [1.82, 2.24) is 10.3 Å². The SMILES string of the molecule is N#Cc1cc(-c2cc[n+]([O-])cc2)cnc1N1CCNCC1. The zero-order chi connectivity index (χ0) is 14.7. The molecule has 1 aliphatic rings. The van der Waals surface area contributed by atoms with Crippen LogP contribution in [-0.4, -0.2) is 31.2 Å². The van der Waals surface area contributed by atoms with Crippen LogP contribution >= 0.6 is 0 Å². The Kier molecular flexibility index (Phi) is 3.67. The number of piperazine rings is 1. The molecule has 0 amide bonds. The first kappa shape index (κ1) is 13.3. The Balaban J connectivity index is 1.95. The van der Waals surface area contributed by atoms with Gasteiger partial charge in [-0.05, 0) is 11.6 Å². The molecule has 0 aliphatic carbocycles. The maximum Gasteiger partial charge on any atom is 0.180 e. The number of hydrogen-bond acceptors (Lipinski definition) is 5. The minimum atomic E-state index is 0.563. The van der Waals surface area contributed by atoms with E-state index in [9.17, 15) is 10.5 Å². The predicted molar refractivity (Wildman–Crippen MR) is 78.4 cm³/mol. The lowest BCUT2D eigenvalue weighted by Crippen LogP contribution is -2.44. The van der Waals surface area contributed by atoms with Crippen LogP contribution in [-0.2, 0) is 0 Å². The Morgan fingerprint density at radius 3 is 2.62 bits per heavy atom. The van der Waals surface area contributed by atoms with Crippen molar-refractivity contribution >= 4 is 5.82 Å². The minimum absolute atomic E-state index is 0.563. The molecule has 3 heterocycles. The van der Waals surface area contributed by atoms with Gasteiger partial charge in [-0.25, -0.2) is 4.98 Å². The highest BCUT2D eigenvalue weighted by Crippen LogP contribution is 2.24. The summed E-state index contributed by atoms with van der Waals surface area (Å²) in [4.78, 5) is 6.58. The number of nitrogens with one attached hydrogen (secondary N) is 1. The summed E-state index contributed by atoms with van der Waals surface area (Å²) in [6.07, 6.45) is 4.62. The fourth-order valence-electron chi connectivity index (χ4n) is 2.43. The molecule has 0 atom stereocenters. The third-order valence-electron chi connectivity index (χ3n) is 3.54. The average Bonchev–Trinajstić information content (AvgIpc) is 2.56. The quantitative estimate of drug-likeness (QED) is 0.646. The Morgan fingerprint density at radius 1 is 1.24 bits per heavy atom. The molecule has 1 fully saturated rings. The molecule has 0 unspecified atom stereocenters. The van der Waals surface area contributed by atoms with Crippen molar-refractivity contribution in [2.45, 2.75) is 0 Å². The molecule has 6 nitrogen and oxygen atoms in total. The van der Waals surface area contributed by atoms with Crippen LogP contribution in [0.2, 0.25) is 0 Å². The lowest BCUT2D eigenvalue weighted by Gasteiger charge is -2.29. The molecule has 21 heavy (non-hydrogen) atoms. The summed E-state index contributed by atoms with van der Waals surface area (Å²) >= 11 is 0. The molecule has 0 radical (unpaired) electrons. The molecule has 3 rings (SSSR count). The van der Waals surface area contributed by atoms with E-state index in [1.807, 2.05) is 6.07 Å². The lowest BCUT2D eigenvalue weighted by molar-refractivity contribution is -0.605. The van der Waals surface area contributed by atoms with Gasteiger partial charge in [-0.2, -0.15) is 9.99 Å². The van der Waals surface area contributed by atoms with Gasteiger partial charge in [-0.1, -0.05) is 0 Å². The van der Waals surface area contributed by atoms with E-state index in [0.717, 1.165) is 47.9 Å². The first-order valence-electron chi connectivity index (χ1n) is 6.83. The normalized spacial score (nSPS) is 14.7. The summed E-state index contributed by atoms with van der Waals surface area (Å²) in [5.74, 6) is 0.734. The van der Waals surface area contributed by atoms with Gasteiger partial charge in [0.1, 0.15) is 11.9 Å². The summed E-state index contributed by atoms with van der Waals surface area (Å²) in [6, 6.07) is 7.49. The third kappa shape index (κ3) is 2.78. The zero-order valence-corrected chi connectivity index (χ0v) is 11.5. The molecular weight excluding hydrogens is 266 g/mol. The van der Waals surface area contributed by atoms with E-state index in [-0.39, 0.29) is 0 Å². The highest BCUT2D eigenvalue weighted by Gasteiger charge is 2.16. The molecule has 106 valence electrons. The smallest absolute Gasteiger partial charge is 0.180 e. The van der Waals surface area contributed by atoms with E-state index in [2.05, 4.69) is 21.3 Å². The predicted octanol–water partition coefficient (Wildman–Crippen LogP) is 0.663. The molecular formula is C15H15N5O. The van der Waals surface area contributed by atoms with Crippen LogP contribution < -0.4 is 14.9 Å². The molecule has 1 saturated heterocycles. The Morgan fingerprint density at radius 2 is 1.95 bits per heavy atom. The van der Waals surface area contributed by atoms with Crippen LogP contribution in [0, 0.1) is 16.5 Å². The van der Waals surface area contributed by atoms with E-state index in [0.29, 0.717) is 5.56 Å². The Labute approximate surface area is 122 Å². The molecule has 0 spiro atoms. The second-order valence-corrected chi connectivity index (χ2v) is 4.89. The van der Waals surface area contributed by atoms with E-state index in [1.165, 1.54) is 12.4 Å². The molecule has 1 N–H and O–H groups in total. The number of pyridine rings is 2. The number of hydrogen-bond donors (Lipinski definition) is 1. The number of nitrogens with zero attached hydrogens (tertiary/aromatic N) is 4. The summed E-state index contributed by atoms with van der Waals surface area (Å²) in [5.41, 5.74) is 2.28. The van der Waals surface area contributed by atoms with E-state index in [4.69, 9.17) is 0 Å². The van der Waals surface area contributed by atoms with Gasteiger partial charge in [0, 0.05) is 50.1 Å². The van der Waals surface area contributed by atoms with Crippen LogP contribution in [0.1, 0.15) is 5.56 Å². The number of anilines is 1. The summed E-state index contributed by atoms with van der Waals surface area (Å²) in [5, 5.41) is 23.7. The molecule has 0 bridgehead atoms. The van der Waals surface area contributed by atoms with Crippen LogP contribution in [0.25, 0.3) is 11.1 Å². The molecule has 0 saturated carbocycles. The first-order chi connectivity index (χ1) is 10.3. The number of nitriles is 1. The summed E-state index contributed by atoms with van der Waals surface area (Å²) in [7, 11) is 0. The molecule has 1 aliphatic heterocycles. The van der Waals surface area contributed by atoms with Crippen molar-refractivity contribution in [2.24, 2.45) is 0 Å². The zero-order valence-electron chi connectivity index (χ0n) is 11.5. The second kappa shape index (κ2) is 5.77. The van der Waals surface area contributed by atoms with Gasteiger partial charge in [-0.3, -0.25) is 0 Å². The van der Waals surface area contributed by atoms with Crippen LogP contribution in [0.4, 0.5) is 5.82 Å². The maximum absolute atomic E-state index is 11.1. The standard InChI is InChI=1S/C15H15N5O/c16-10-13-9-14(12-1-5-20(21)6-2-12)11-18-15(13)19-7-3-17-4-8-19/h1-2,5-6,9,11,17H,3-4,7-8H2. The molecule has 0 aromatic carbocycles. The maximum atomic E-state index is 11.1. The molecule has 2 aromatic rings. The molecule has 2 aromatic heterocycles. The number of rotatable bonds is 2. The summed E-state index contributed by atoms with van der Waals surface area (Å²) in [6.45, 7) is 3.50. The van der Waals surface area contributed by atoms with Gasteiger partial charge in [0.25, 0.3) is 0 Å². The van der Waals surface area contributed by atoms with Crippen molar-refractivity contribution in [2.75, 3.05) is 31.1 Å². The third-order valence-corrected chi connectivity index (χ3v) is 3.54. The van der Waals surface area contributed by atoms with E-state index in [1.54, 1.807) is 18.3 Å². The van der Waals surface area contributed by atoms with Crippen LogP contribution in [0.15, 0.2) is 36.8 Å². The summed E-state index contributed by atoms with van der Waals surface area (Å²) < 4.78 is 0.733. The monoisotopic (exact) mass is 281 g/mol. The van der Waals surface area contributed by atoms with Crippen molar-refractivity contribution in [3.63, 3.8) is 0 Å². The minimum Gasteiger partial charge on any atom is -0.619 e.